The SMILES string of the molecule is CCOC(=O)Cn1c(=NC(=O)C2CCCN2S(=O)(=O)c2ccc(C)cc2)sc2c(C)cc(C)cc21. The number of carbonyl (C=O) groups is 2. The van der Waals surface area contributed by atoms with Crippen LogP contribution in [0.25, 0.3) is 10.2 Å². The van der Waals surface area contributed by atoms with E-state index in [1.807, 2.05) is 32.9 Å². The number of amides is 1. The number of sulfonamides is 1. The first-order chi connectivity index (χ1) is 16.6. The summed E-state index contributed by atoms with van der Waals surface area (Å²) in [6, 6.07) is 9.70. The van der Waals surface area contributed by atoms with E-state index in [9.17, 15) is 18.0 Å². The first-order valence-electron chi connectivity index (χ1n) is 11.5. The molecule has 1 atom stereocenters. The van der Waals surface area contributed by atoms with Crippen molar-refractivity contribution in [1.82, 2.24) is 8.87 Å². The standard InChI is InChI=1S/C25H29N3O5S2/c1-5-33-22(29)15-27-21-14-17(3)13-18(4)23(21)34-25(27)26-24(30)20-7-6-12-28(20)35(31,32)19-10-8-16(2)9-11-19/h8-11,13-14,20H,5-7,12,15H2,1-4H3. The lowest BCUT2D eigenvalue weighted by atomic mass is 10.1. The maximum Gasteiger partial charge on any atom is 0.326 e. The molecule has 0 N–H and O–H groups in total. The van der Waals surface area contributed by atoms with Crippen LogP contribution in [0.2, 0.25) is 0 Å². The van der Waals surface area contributed by atoms with Gasteiger partial charge in [0.05, 0.1) is 21.7 Å². The number of hydrogen-bond donors (Lipinski definition) is 0. The molecule has 35 heavy (non-hydrogen) atoms. The fourth-order valence-electron chi connectivity index (χ4n) is 4.38. The zero-order valence-corrected chi connectivity index (χ0v) is 21.9. The first-order valence-corrected chi connectivity index (χ1v) is 13.8. The van der Waals surface area contributed by atoms with Gasteiger partial charge in [-0.3, -0.25) is 9.59 Å². The monoisotopic (exact) mass is 515 g/mol. The Morgan fingerprint density at radius 1 is 1.11 bits per heavy atom. The van der Waals surface area contributed by atoms with E-state index in [0.29, 0.717) is 17.6 Å². The average molecular weight is 516 g/mol. The van der Waals surface area contributed by atoms with Crippen LogP contribution in [0.4, 0.5) is 0 Å². The van der Waals surface area contributed by atoms with Gasteiger partial charge in [0.2, 0.25) is 10.0 Å². The first kappa shape index (κ1) is 25.3. The van der Waals surface area contributed by atoms with E-state index in [1.165, 1.54) is 15.6 Å². The van der Waals surface area contributed by atoms with Gasteiger partial charge in [0.25, 0.3) is 5.91 Å². The van der Waals surface area contributed by atoms with Crippen LogP contribution in [0.5, 0.6) is 0 Å². The molecule has 1 unspecified atom stereocenters. The molecule has 1 aliphatic rings. The number of rotatable bonds is 6. The largest absolute Gasteiger partial charge is 0.465 e. The second kappa shape index (κ2) is 10.0. The van der Waals surface area contributed by atoms with Gasteiger partial charge < -0.3 is 9.30 Å². The molecule has 1 aromatic heterocycles. The normalized spacial score (nSPS) is 17.3. The minimum Gasteiger partial charge on any atom is -0.465 e. The van der Waals surface area contributed by atoms with E-state index in [-0.39, 0.29) is 24.6 Å². The van der Waals surface area contributed by atoms with Gasteiger partial charge in [-0.2, -0.15) is 9.30 Å². The fourth-order valence-corrected chi connectivity index (χ4v) is 7.11. The van der Waals surface area contributed by atoms with Gasteiger partial charge in [0.15, 0.2) is 4.80 Å². The highest BCUT2D eigenvalue weighted by molar-refractivity contribution is 7.89. The summed E-state index contributed by atoms with van der Waals surface area (Å²) in [7, 11) is -3.84. The highest BCUT2D eigenvalue weighted by atomic mass is 32.2. The average Bonchev–Trinajstić information content (AvgIpc) is 3.41. The summed E-state index contributed by atoms with van der Waals surface area (Å²) in [6.45, 7) is 7.98. The van der Waals surface area contributed by atoms with E-state index in [1.54, 1.807) is 35.8 Å². The minimum absolute atomic E-state index is 0.0844. The van der Waals surface area contributed by atoms with Crippen LogP contribution in [-0.2, 0) is 30.9 Å². The van der Waals surface area contributed by atoms with Crippen molar-refractivity contribution >= 4 is 43.5 Å². The Kier molecular flexibility index (Phi) is 7.25. The smallest absolute Gasteiger partial charge is 0.326 e. The van der Waals surface area contributed by atoms with Gasteiger partial charge in [-0.1, -0.05) is 35.1 Å². The van der Waals surface area contributed by atoms with Crippen molar-refractivity contribution in [3.63, 3.8) is 0 Å². The number of nitrogens with zero attached hydrogens (tertiary/aromatic N) is 3. The van der Waals surface area contributed by atoms with E-state index in [2.05, 4.69) is 4.99 Å². The molecule has 2 aromatic carbocycles. The lowest BCUT2D eigenvalue weighted by molar-refractivity contribution is -0.143. The zero-order valence-electron chi connectivity index (χ0n) is 20.3. The third-order valence-electron chi connectivity index (χ3n) is 6.03. The molecule has 0 saturated carbocycles. The third-order valence-corrected chi connectivity index (χ3v) is 9.18. The number of esters is 1. The van der Waals surface area contributed by atoms with E-state index in [0.717, 1.165) is 26.9 Å². The molecule has 1 amide bonds. The molecular formula is C25H29N3O5S2. The predicted molar refractivity (Wildman–Crippen MR) is 135 cm³/mol. The maximum absolute atomic E-state index is 13.4. The van der Waals surface area contributed by atoms with Gasteiger partial charge in [-0.25, -0.2) is 8.42 Å². The van der Waals surface area contributed by atoms with E-state index in [4.69, 9.17) is 4.74 Å². The molecule has 0 spiro atoms. The summed E-state index contributed by atoms with van der Waals surface area (Å²) < 4.78 is 35.6. The number of ether oxygens (including phenoxy) is 1. The molecule has 1 fully saturated rings. The highest BCUT2D eigenvalue weighted by Gasteiger charge is 2.39. The van der Waals surface area contributed by atoms with Crippen LogP contribution < -0.4 is 4.80 Å². The molecule has 186 valence electrons. The van der Waals surface area contributed by atoms with E-state index < -0.39 is 27.9 Å². The van der Waals surface area contributed by atoms with Crippen LogP contribution >= 0.6 is 11.3 Å². The second-order valence-electron chi connectivity index (χ2n) is 8.74. The highest BCUT2D eigenvalue weighted by Crippen LogP contribution is 2.28. The van der Waals surface area contributed by atoms with Crippen LogP contribution in [-0.4, -0.2) is 48.4 Å². The number of thiazole rings is 1. The molecule has 2 heterocycles. The summed E-state index contributed by atoms with van der Waals surface area (Å²) in [5.41, 5.74) is 3.78. The summed E-state index contributed by atoms with van der Waals surface area (Å²) in [5.74, 6) is -0.957. The maximum atomic E-state index is 13.4. The molecule has 3 aromatic rings. The Morgan fingerprint density at radius 3 is 2.51 bits per heavy atom. The molecule has 4 rings (SSSR count). The van der Waals surface area contributed by atoms with Crippen molar-refractivity contribution in [3.05, 3.63) is 57.9 Å². The van der Waals surface area contributed by atoms with E-state index >= 15 is 0 Å². The molecule has 0 radical (unpaired) electrons. The molecule has 1 aliphatic heterocycles. The van der Waals surface area contributed by atoms with Crippen molar-refractivity contribution in [2.24, 2.45) is 4.99 Å². The number of hydrogen-bond acceptors (Lipinski definition) is 6. The van der Waals surface area contributed by atoms with Crippen molar-refractivity contribution < 1.29 is 22.7 Å². The minimum atomic E-state index is -3.84. The molecule has 0 bridgehead atoms. The Bertz CT molecular complexity index is 1450. The Hall–Kier alpha value is -2.82. The molecule has 8 nitrogen and oxygen atoms in total. The predicted octanol–water partition coefficient (Wildman–Crippen LogP) is 3.47. The molecule has 1 saturated heterocycles. The van der Waals surface area contributed by atoms with Crippen molar-refractivity contribution in [1.29, 1.82) is 0 Å². The lowest BCUT2D eigenvalue weighted by Crippen LogP contribution is -2.40. The van der Waals surface area contributed by atoms with Crippen molar-refractivity contribution in [2.45, 2.75) is 58.0 Å². The third kappa shape index (κ3) is 5.10. The fraction of sp³-hybridized carbons (Fsp3) is 0.400. The Balaban J connectivity index is 1.75. The number of fused-ring (bicyclic) bond motifs is 1. The Morgan fingerprint density at radius 2 is 1.83 bits per heavy atom. The summed E-state index contributed by atoms with van der Waals surface area (Å²) >= 11 is 1.31. The van der Waals surface area contributed by atoms with Crippen molar-refractivity contribution in [3.8, 4) is 0 Å². The number of aromatic nitrogens is 1. The topological polar surface area (TPSA) is 98.0 Å². The molecule has 10 heteroatoms. The van der Waals surface area contributed by atoms with Gasteiger partial charge in [-0.05, 0) is 69.9 Å². The second-order valence-corrected chi connectivity index (χ2v) is 11.6. The van der Waals surface area contributed by atoms with Crippen LogP contribution in [0.3, 0.4) is 0 Å². The van der Waals surface area contributed by atoms with Gasteiger partial charge in [-0.15, -0.1) is 0 Å². The van der Waals surface area contributed by atoms with Gasteiger partial charge in [0.1, 0.15) is 12.6 Å². The van der Waals surface area contributed by atoms with Crippen LogP contribution in [0, 0.1) is 20.8 Å². The van der Waals surface area contributed by atoms with Crippen LogP contribution in [0.15, 0.2) is 46.3 Å². The lowest BCUT2D eigenvalue weighted by Gasteiger charge is -2.21. The Labute approximate surface area is 208 Å². The molecule has 0 aliphatic carbocycles. The number of carbonyl (C=O) groups excluding carboxylic acids is 2. The van der Waals surface area contributed by atoms with Crippen LogP contribution in [0.1, 0.15) is 36.5 Å². The quantitative estimate of drug-likeness (QED) is 0.468. The van der Waals surface area contributed by atoms with Gasteiger partial charge in [0, 0.05) is 6.54 Å². The van der Waals surface area contributed by atoms with Crippen molar-refractivity contribution in [2.75, 3.05) is 13.2 Å². The summed E-state index contributed by atoms with van der Waals surface area (Å²) in [5, 5.41) is 0. The number of benzene rings is 2. The summed E-state index contributed by atoms with van der Waals surface area (Å²) in [6.07, 6.45) is 0.971. The summed E-state index contributed by atoms with van der Waals surface area (Å²) in [4.78, 5) is 30.6. The molecular weight excluding hydrogens is 486 g/mol. The zero-order chi connectivity index (χ0) is 25.3. The van der Waals surface area contributed by atoms with Gasteiger partial charge >= 0.3 is 5.97 Å². The number of aryl methyl sites for hydroxylation is 3.